The molecule has 1 aromatic rings. The van der Waals surface area contributed by atoms with Gasteiger partial charge in [-0.1, -0.05) is 29.3 Å². The molecule has 0 aromatic heterocycles. The van der Waals surface area contributed by atoms with Crippen LogP contribution in [0, 0.1) is 11.7 Å². The molecular weight excluding hydrogens is 273 g/mol. The molecule has 0 bridgehead atoms. The van der Waals surface area contributed by atoms with E-state index < -0.39 is 6.10 Å². The zero-order valence-electron chi connectivity index (χ0n) is 9.29. The highest BCUT2D eigenvalue weighted by Gasteiger charge is 2.21. The van der Waals surface area contributed by atoms with E-state index in [4.69, 9.17) is 5.73 Å². The van der Waals surface area contributed by atoms with E-state index in [0.717, 1.165) is 17.3 Å². The summed E-state index contributed by atoms with van der Waals surface area (Å²) in [6, 6.07) is 4.57. The van der Waals surface area contributed by atoms with Crippen molar-refractivity contribution in [2.45, 2.75) is 25.9 Å². The Kier molecular flexibility index (Phi) is 5.38. The van der Waals surface area contributed by atoms with Crippen LogP contribution in [0.15, 0.2) is 22.7 Å². The zero-order valence-corrected chi connectivity index (χ0v) is 10.9. The fourth-order valence-electron chi connectivity index (χ4n) is 1.77. The average Bonchev–Trinajstić information content (AvgIpc) is 2.28. The van der Waals surface area contributed by atoms with Crippen LogP contribution in [0.4, 0.5) is 4.39 Å². The molecule has 0 heterocycles. The molecule has 0 saturated heterocycles. The van der Waals surface area contributed by atoms with Gasteiger partial charge in [0.15, 0.2) is 0 Å². The third-order valence-corrected chi connectivity index (χ3v) is 3.18. The van der Waals surface area contributed by atoms with E-state index in [-0.39, 0.29) is 11.7 Å². The second-order valence-electron chi connectivity index (χ2n) is 3.90. The highest BCUT2D eigenvalue weighted by Crippen LogP contribution is 2.29. The van der Waals surface area contributed by atoms with E-state index >= 15 is 0 Å². The Morgan fingerprint density at radius 3 is 2.75 bits per heavy atom. The van der Waals surface area contributed by atoms with Crippen LogP contribution in [-0.4, -0.2) is 11.7 Å². The number of nitrogens with two attached hydrogens (primary N) is 1. The molecule has 2 atom stereocenters. The highest BCUT2D eigenvalue weighted by molar-refractivity contribution is 9.10. The number of hydrogen-bond donors (Lipinski definition) is 2. The minimum absolute atomic E-state index is 0.0891. The van der Waals surface area contributed by atoms with Gasteiger partial charge in [-0.15, -0.1) is 0 Å². The molecule has 16 heavy (non-hydrogen) atoms. The fraction of sp³-hybridized carbons (Fsp3) is 0.500. The van der Waals surface area contributed by atoms with Crippen LogP contribution in [0.2, 0.25) is 0 Å². The SMILES string of the molecule is CCCC(CN)C(O)c1cc(Br)ccc1F. The normalized spacial score (nSPS) is 14.8. The summed E-state index contributed by atoms with van der Waals surface area (Å²) in [6.07, 6.45) is 0.889. The van der Waals surface area contributed by atoms with E-state index in [0.29, 0.717) is 12.1 Å². The molecule has 0 amide bonds. The molecule has 2 unspecified atom stereocenters. The number of aliphatic hydroxyl groups is 1. The lowest BCUT2D eigenvalue weighted by atomic mass is 9.92. The minimum atomic E-state index is -0.831. The first-order chi connectivity index (χ1) is 7.60. The first kappa shape index (κ1) is 13.6. The fourth-order valence-corrected chi connectivity index (χ4v) is 2.15. The van der Waals surface area contributed by atoms with Crippen molar-refractivity contribution < 1.29 is 9.50 Å². The van der Waals surface area contributed by atoms with Gasteiger partial charge in [-0.05, 0) is 31.2 Å². The molecule has 0 radical (unpaired) electrons. The summed E-state index contributed by atoms with van der Waals surface area (Å²) < 4.78 is 14.3. The summed E-state index contributed by atoms with van der Waals surface area (Å²) >= 11 is 3.27. The summed E-state index contributed by atoms with van der Waals surface area (Å²) in [5, 5.41) is 10.1. The maximum Gasteiger partial charge on any atom is 0.129 e. The molecule has 0 aliphatic rings. The van der Waals surface area contributed by atoms with Crippen LogP contribution in [-0.2, 0) is 0 Å². The topological polar surface area (TPSA) is 46.2 Å². The molecule has 4 heteroatoms. The zero-order chi connectivity index (χ0) is 12.1. The summed E-state index contributed by atoms with van der Waals surface area (Å²) in [7, 11) is 0. The van der Waals surface area contributed by atoms with Crippen molar-refractivity contribution in [2.75, 3.05) is 6.54 Å². The van der Waals surface area contributed by atoms with Gasteiger partial charge in [0.2, 0.25) is 0 Å². The van der Waals surface area contributed by atoms with E-state index in [1.807, 2.05) is 6.92 Å². The van der Waals surface area contributed by atoms with Gasteiger partial charge >= 0.3 is 0 Å². The molecule has 0 aliphatic heterocycles. The number of halogens is 2. The quantitative estimate of drug-likeness (QED) is 0.875. The lowest BCUT2D eigenvalue weighted by Crippen LogP contribution is -2.22. The monoisotopic (exact) mass is 289 g/mol. The largest absolute Gasteiger partial charge is 0.388 e. The third kappa shape index (κ3) is 3.27. The summed E-state index contributed by atoms with van der Waals surface area (Å²) in [5.74, 6) is -0.473. The van der Waals surface area contributed by atoms with Crippen molar-refractivity contribution in [1.29, 1.82) is 0 Å². The van der Waals surface area contributed by atoms with Crippen molar-refractivity contribution in [2.24, 2.45) is 11.7 Å². The van der Waals surface area contributed by atoms with Crippen LogP contribution < -0.4 is 5.73 Å². The van der Waals surface area contributed by atoms with Crippen molar-refractivity contribution in [3.8, 4) is 0 Å². The van der Waals surface area contributed by atoms with Crippen molar-refractivity contribution >= 4 is 15.9 Å². The summed E-state index contributed by atoms with van der Waals surface area (Å²) in [6.45, 7) is 2.38. The van der Waals surface area contributed by atoms with Gasteiger partial charge in [-0.2, -0.15) is 0 Å². The molecule has 90 valence electrons. The summed E-state index contributed by atoms with van der Waals surface area (Å²) in [5.41, 5.74) is 5.91. The second kappa shape index (κ2) is 6.33. The standard InChI is InChI=1S/C12H17BrFNO/c1-2-3-8(7-15)12(16)10-6-9(13)4-5-11(10)14/h4-6,8,12,16H,2-3,7,15H2,1H3. The van der Waals surface area contributed by atoms with Gasteiger partial charge in [0, 0.05) is 16.0 Å². The molecule has 1 aromatic carbocycles. The molecule has 0 fully saturated rings. The van der Waals surface area contributed by atoms with Gasteiger partial charge in [-0.3, -0.25) is 0 Å². The Bertz CT molecular complexity index is 346. The van der Waals surface area contributed by atoms with E-state index in [2.05, 4.69) is 15.9 Å². The molecule has 0 saturated carbocycles. The maximum atomic E-state index is 13.5. The van der Waals surface area contributed by atoms with Crippen molar-refractivity contribution in [1.82, 2.24) is 0 Å². The lowest BCUT2D eigenvalue weighted by molar-refractivity contribution is 0.103. The molecular formula is C12H17BrFNO. The number of benzene rings is 1. The first-order valence-electron chi connectivity index (χ1n) is 5.43. The van der Waals surface area contributed by atoms with E-state index in [1.165, 1.54) is 6.07 Å². The number of aliphatic hydroxyl groups excluding tert-OH is 1. The molecule has 3 N–H and O–H groups in total. The smallest absolute Gasteiger partial charge is 0.129 e. The predicted octanol–water partition coefficient (Wildman–Crippen LogP) is 3.00. The van der Waals surface area contributed by atoms with Crippen LogP contribution in [0.3, 0.4) is 0 Å². The Balaban J connectivity index is 2.93. The summed E-state index contributed by atoms with van der Waals surface area (Å²) in [4.78, 5) is 0. The van der Waals surface area contributed by atoms with E-state index in [1.54, 1.807) is 12.1 Å². The van der Waals surface area contributed by atoms with Gasteiger partial charge in [0.25, 0.3) is 0 Å². The predicted molar refractivity (Wildman–Crippen MR) is 66.5 cm³/mol. The molecule has 0 aliphatic carbocycles. The van der Waals surface area contributed by atoms with Crippen LogP contribution in [0.5, 0.6) is 0 Å². The van der Waals surface area contributed by atoms with Gasteiger partial charge in [0.05, 0.1) is 6.10 Å². The lowest BCUT2D eigenvalue weighted by Gasteiger charge is -2.21. The minimum Gasteiger partial charge on any atom is -0.388 e. The Morgan fingerprint density at radius 2 is 2.19 bits per heavy atom. The van der Waals surface area contributed by atoms with Crippen LogP contribution >= 0.6 is 15.9 Å². The Labute approximate surface area is 104 Å². The van der Waals surface area contributed by atoms with Crippen LogP contribution in [0.1, 0.15) is 31.4 Å². The maximum absolute atomic E-state index is 13.5. The van der Waals surface area contributed by atoms with E-state index in [9.17, 15) is 9.50 Å². The van der Waals surface area contributed by atoms with Crippen molar-refractivity contribution in [3.05, 3.63) is 34.1 Å². The molecule has 2 nitrogen and oxygen atoms in total. The number of rotatable bonds is 5. The first-order valence-corrected chi connectivity index (χ1v) is 6.22. The van der Waals surface area contributed by atoms with Gasteiger partial charge < -0.3 is 10.8 Å². The van der Waals surface area contributed by atoms with Gasteiger partial charge in [-0.25, -0.2) is 4.39 Å². The third-order valence-electron chi connectivity index (χ3n) is 2.69. The Hall–Kier alpha value is -0.450. The second-order valence-corrected chi connectivity index (χ2v) is 4.81. The molecule has 1 rings (SSSR count). The van der Waals surface area contributed by atoms with Crippen molar-refractivity contribution in [3.63, 3.8) is 0 Å². The van der Waals surface area contributed by atoms with Gasteiger partial charge in [0.1, 0.15) is 5.82 Å². The number of hydrogen-bond acceptors (Lipinski definition) is 2. The molecule has 0 spiro atoms. The van der Waals surface area contributed by atoms with Crippen LogP contribution in [0.25, 0.3) is 0 Å². The highest BCUT2D eigenvalue weighted by atomic mass is 79.9. The Morgan fingerprint density at radius 1 is 1.50 bits per heavy atom. The average molecular weight is 290 g/mol.